The molecule has 168 valence electrons. The summed E-state index contributed by atoms with van der Waals surface area (Å²) in [6.45, 7) is 12.3. The van der Waals surface area contributed by atoms with Crippen molar-refractivity contribution < 1.29 is 9.59 Å². The Labute approximate surface area is 191 Å². The highest BCUT2D eigenvalue weighted by molar-refractivity contribution is 6.03. The molecule has 0 unspecified atom stereocenters. The van der Waals surface area contributed by atoms with Gasteiger partial charge in [0.15, 0.2) is 0 Å². The molecule has 1 aromatic heterocycles. The molecule has 3 aromatic rings. The smallest absolute Gasteiger partial charge is 0.235 e. The van der Waals surface area contributed by atoms with E-state index in [0.29, 0.717) is 0 Å². The van der Waals surface area contributed by atoms with Crippen LogP contribution in [0.3, 0.4) is 0 Å². The summed E-state index contributed by atoms with van der Waals surface area (Å²) in [5.41, 5.74) is 5.88. The molecule has 32 heavy (non-hydrogen) atoms. The van der Waals surface area contributed by atoms with Crippen LogP contribution in [0.2, 0.25) is 0 Å². The molecule has 4 heteroatoms. The highest BCUT2D eigenvalue weighted by atomic mass is 16.2. The van der Waals surface area contributed by atoms with Gasteiger partial charge in [-0.05, 0) is 66.6 Å². The van der Waals surface area contributed by atoms with Gasteiger partial charge in [0.2, 0.25) is 11.8 Å². The average molecular weight is 431 g/mol. The molecule has 2 aromatic carbocycles. The number of carbonyl (C=O) groups is 2. The minimum Gasteiger partial charge on any atom is -0.325 e. The monoisotopic (exact) mass is 430 g/mol. The standard InChI is InChI=1S/C28H34N2O2/c1-7-19-9-10-22(15-20(19)8-2)28(13-14-28)26(32)29-23-11-12-24-21(16-23)17-25(27(4,5)6)30(24)18(3)31/h9-12,15-17H,7-8,13-14H2,1-6H3,(H,29,32). The molecular formula is C28H34N2O2. The van der Waals surface area contributed by atoms with Crippen LogP contribution in [0.1, 0.15) is 81.6 Å². The molecular weight excluding hydrogens is 396 g/mol. The molecule has 1 fully saturated rings. The van der Waals surface area contributed by atoms with E-state index >= 15 is 0 Å². The first-order valence-corrected chi connectivity index (χ1v) is 11.7. The second kappa shape index (κ2) is 7.91. The van der Waals surface area contributed by atoms with E-state index in [1.54, 1.807) is 11.5 Å². The molecule has 0 saturated heterocycles. The van der Waals surface area contributed by atoms with Crippen LogP contribution >= 0.6 is 0 Å². The summed E-state index contributed by atoms with van der Waals surface area (Å²) >= 11 is 0. The quantitative estimate of drug-likeness (QED) is 0.509. The number of rotatable bonds is 5. The van der Waals surface area contributed by atoms with Crippen molar-refractivity contribution in [3.05, 3.63) is 64.8 Å². The molecule has 0 spiro atoms. The highest BCUT2D eigenvalue weighted by Crippen LogP contribution is 2.49. The summed E-state index contributed by atoms with van der Waals surface area (Å²) in [5, 5.41) is 4.13. The Balaban J connectivity index is 1.65. The predicted octanol–water partition coefficient (Wildman–Crippen LogP) is 6.39. The number of carbonyl (C=O) groups excluding carboxylic acids is 2. The van der Waals surface area contributed by atoms with Crippen LogP contribution < -0.4 is 5.32 Å². The van der Waals surface area contributed by atoms with Gasteiger partial charge in [-0.2, -0.15) is 0 Å². The number of benzene rings is 2. The fourth-order valence-electron chi connectivity index (χ4n) is 4.80. The Kier molecular flexibility index (Phi) is 5.52. The van der Waals surface area contributed by atoms with Crippen molar-refractivity contribution in [1.82, 2.24) is 4.57 Å². The topological polar surface area (TPSA) is 51.1 Å². The Morgan fingerprint density at radius 3 is 2.22 bits per heavy atom. The Bertz CT molecular complexity index is 1210. The zero-order valence-electron chi connectivity index (χ0n) is 20.1. The lowest BCUT2D eigenvalue weighted by Gasteiger charge is -2.20. The Morgan fingerprint density at radius 2 is 1.66 bits per heavy atom. The van der Waals surface area contributed by atoms with Crippen molar-refractivity contribution in [3.63, 3.8) is 0 Å². The maximum absolute atomic E-state index is 13.4. The predicted molar refractivity (Wildman–Crippen MR) is 132 cm³/mol. The normalized spacial score (nSPS) is 15.1. The lowest BCUT2D eigenvalue weighted by Crippen LogP contribution is -2.28. The van der Waals surface area contributed by atoms with Gasteiger partial charge in [-0.3, -0.25) is 14.2 Å². The van der Waals surface area contributed by atoms with Crippen LogP contribution in [0.25, 0.3) is 10.9 Å². The SMILES string of the molecule is CCc1ccc(C2(C(=O)Nc3ccc4c(c3)cc(C(C)(C)C)n4C(C)=O)CC2)cc1CC. The maximum atomic E-state index is 13.4. The maximum Gasteiger partial charge on any atom is 0.235 e. The minimum atomic E-state index is -0.424. The minimum absolute atomic E-state index is 0.000832. The zero-order chi connectivity index (χ0) is 23.3. The van der Waals surface area contributed by atoms with E-state index in [1.165, 1.54) is 11.1 Å². The molecule has 1 saturated carbocycles. The first-order chi connectivity index (χ1) is 15.1. The van der Waals surface area contributed by atoms with Gasteiger partial charge in [-0.25, -0.2) is 0 Å². The second-order valence-corrected chi connectivity index (χ2v) is 10.1. The van der Waals surface area contributed by atoms with Crippen LogP contribution in [-0.2, 0) is 28.5 Å². The van der Waals surface area contributed by atoms with Crippen molar-refractivity contribution in [3.8, 4) is 0 Å². The van der Waals surface area contributed by atoms with Crippen molar-refractivity contribution in [2.45, 2.75) is 78.1 Å². The summed E-state index contributed by atoms with van der Waals surface area (Å²) in [4.78, 5) is 25.7. The molecule has 1 aliphatic carbocycles. The number of amides is 1. The summed E-state index contributed by atoms with van der Waals surface area (Å²) in [6, 6.07) is 14.4. The van der Waals surface area contributed by atoms with Crippen molar-refractivity contribution in [2.24, 2.45) is 0 Å². The third-order valence-electron chi connectivity index (χ3n) is 6.85. The Hall–Kier alpha value is -2.88. The molecule has 4 rings (SSSR count). The van der Waals surface area contributed by atoms with Crippen molar-refractivity contribution in [1.29, 1.82) is 0 Å². The molecule has 1 aliphatic rings. The average Bonchev–Trinajstić information content (AvgIpc) is 3.46. The third kappa shape index (κ3) is 3.76. The zero-order valence-corrected chi connectivity index (χ0v) is 20.1. The number of aryl methyl sites for hydroxylation is 2. The number of anilines is 1. The Morgan fingerprint density at radius 1 is 0.969 bits per heavy atom. The summed E-state index contributed by atoms with van der Waals surface area (Å²) in [6.07, 6.45) is 3.75. The van der Waals surface area contributed by atoms with E-state index in [0.717, 1.165) is 53.5 Å². The number of nitrogens with one attached hydrogen (secondary N) is 1. The molecule has 1 amide bonds. The molecule has 1 N–H and O–H groups in total. The van der Waals surface area contributed by atoms with Gasteiger partial charge in [-0.1, -0.05) is 52.8 Å². The van der Waals surface area contributed by atoms with E-state index in [-0.39, 0.29) is 17.2 Å². The molecule has 0 radical (unpaired) electrons. The van der Waals surface area contributed by atoms with E-state index < -0.39 is 5.41 Å². The largest absolute Gasteiger partial charge is 0.325 e. The van der Waals surface area contributed by atoms with Crippen molar-refractivity contribution in [2.75, 3.05) is 5.32 Å². The summed E-state index contributed by atoms with van der Waals surface area (Å²) in [7, 11) is 0. The highest BCUT2D eigenvalue weighted by Gasteiger charge is 2.51. The van der Waals surface area contributed by atoms with E-state index in [4.69, 9.17) is 0 Å². The second-order valence-electron chi connectivity index (χ2n) is 10.1. The van der Waals surface area contributed by atoms with Gasteiger partial charge in [0, 0.05) is 29.1 Å². The van der Waals surface area contributed by atoms with Gasteiger partial charge in [0.1, 0.15) is 0 Å². The van der Waals surface area contributed by atoms with Gasteiger partial charge in [0.25, 0.3) is 0 Å². The van der Waals surface area contributed by atoms with E-state index in [2.05, 4.69) is 64.2 Å². The number of hydrogen-bond acceptors (Lipinski definition) is 2. The van der Waals surface area contributed by atoms with Gasteiger partial charge < -0.3 is 5.32 Å². The molecule has 0 atom stereocenters. The van der Waals surface area contributed by atoms with Crippen LogP contribution in [0, 0.1) is 0 Å². The number of aromatic nitrogens is 1. The fourth-order valence-corrected chi connectivity index (χ4v) is 4.80. The summed E-state index contributed by atoms with van der Waals surface area (Å²) in [5.74, 6) is 0.0612. The molecule has 0 bridgehead atoms. The van der Waals surface area contributed by atoms with Crippen LogP contribution in [0.15, 0.2) is 42.5 Å². The molecule has 4 nitrogen and oxygen atoms in total. The molecule has 1 heterocycles. The van der Waals surface area contributed by atoms with Crippen LogP contribution in [-0.4, -0.2) is 16.4 Å². The first-order valence-electron chi connectivity index (χ1n) is 11.7. The lowest BCUT2D eigenvalue weighted by atomic mass is 9.90. The number of fused-ring (bicyclic) bond motifs is 1. The van der Waals surface area contributed by atoms with Crippen LogP contribution in [0.4, 0.5) is 5.69 Å². The van der Waals surface area contributed by atoms with Gasteiger partial charge in [-0.15, -0.1) is 0 Å². The van der Waals surface area contributed by atoms with E-state index in [1.807, 2.05) is 18.2 Å². The van der Waals surface area contributed by atoms with Crippen molar-refractivity contribution >= 4 is 28.4 Å². The van der Waals surface area contributed by atoms with E-state index in [9.17, 15) is 9.59 Å². The van der Waals surface area contributed by atoms with Gasteiger partial charge in [0.05, 0.1) is 10.9 Å². The molecule has 0 aliphatic heterocycles. The summed E-state index contributed by atoms with van der Waals surface area (Å²) < 4.78 is 1.78. The van der Waals surface area contributed by atoms with Crippen LogP contribution in [0.5, 0.6) is 0 Å². The van der Waals surface area contributed by atoms with Gasteiger partial charge >= 0.3 is 0 Å². The fraction of sp³-hybridized carbons (Fsp3) is 0.429. The lowest BCUT2D eigenvalue weighted by molar-refractivity contribution is -0.118. The first kappa shape index (κ1) is 22.3. The number of nitrogens with zero attached hydrogens (tertiary/aromatic N) is 1. The number of hydrogen-bond donors (Lipinski definition) is 1. The third-order valence-corrected chi connectivity index (χ3v) is 6.85.